The first-order valence-electron chi connectivity index (χ1n) is 3.02. The first-order chi connectivity index (χ1) is 5.07. The number of amides is 2. The van der Waals surface area contributed by atoms with E-state index in [4.69, 9.17) is 10.8 Å². The summed E-state index contributed by atoms with van der Waals surface area (Å²) in [5, 5.41) is 12.8. The van der Waals surface area contributed by atoms with Crippen LogP contribution in [0.2, 0.25) is 0 Å². The molecule has 0 aliphatic heterocycles. The monoisotopic (exact) mass is 161 g/mol. The van der Waals surface area contributed by atoms with Gasteiger partial charge in [-0.25, -0.2) is 4.79 Å². The summed E-state index contributed by atoms with van der Waals surface area (Å²) in [7, 11) is 1.43. The Morgan fingerprint density at radius 3 is 2.55 bits per heavy atom. The molecule has 0 fully saturated rings. The average molecular weight is 161 g/mol. The third kappa shape index (κ3) is 4.15. The van der Waals surface area contributed by atoms with Crippen LogP contribution in [0.3, 0.4) is 0 Å². The highest BCUT2D eigenvalue weighted by Gasteiger charge is 2.11. The Morgan fingerprint density at radius 2 is 2.18 bits per heavy atom. The summed E-state index contributed by atoms with van der Waals surface area (Å²) in [6.07, 6.45) is 0. The third-order valence-electron chi connectivity index (χ3n) is 1.03. The molecule has 0 rings (SSSR count). The van der Waals surface area contributed by atoms with Crippen molar-refractivity contribution in [1.29, 1.82) is 0 Å². The molecule has 0 bridgehead atoms. The van der Waals surface area contributed by atoms with Crippen LogP contribution in [0, 0.1) is 0 Å². The lowest BCUT2D eigenvalue weighted by atomic mass is 10.3. The Balaban J connectivity index is 3.54. The van der Waals surface area contributed by atoms with E-state index >= 15 is 0 Å². The number of aliphatic carboxylic acids is 1. The molecule has 0 aromatic heterocycles. The molecular formula is C5H11N3O3. The molecule has 0 saturated carbocycles. The van der Waals surface area contributed by atoms with Gasteiger partial charge < -0.3 is 21.5 Å². The number of hydrogen-bond donors (Lipinski definition) is 4. The van der Waals surface area contributed by atoms with Crippen LogP contribution in [0.4, 0.5) is 4.79 Å². The van der Waals surface area contributed by atoms with Crippen LogP contribution >= 0.6 is 0 Å². The topological polar surface area (TPSA) is 104 Å². The van der Waals surface area contributed by atoms with Crippen LogP contribution in [0.5, 0.6) is 0 Å². The average Bonchev–Trinajstić information content (AvgIpc) is 1.99. The van der Waals surface area contributed by atoms with E-state index in [1.807, 2.05) is 0 Å². The Kier molecular flexibility index (Phi) is 3.97. The number of nitrogens with one attached hydrogen (secondary N) is 2. The molecule has 0 unspecified atom stereocenters. The molecule has 0 aromatic carbocycles. The highest BCUT2D eigenvalue weighted by Crippen LogP contribution is 1.74. The van der Waals surface area contributed by atoms with Gasteiger partial charge in [-0.2, -0.15) is 0 Å². The number of carbonyl (C=O) groups is 2. The smallest absolute Gasteiger partial charge is 0.322 e. The maximum atomic E-state index is 10.5. The number of urea groups is 1. The zero-order valence-corrected chi connectivity index (χ0v) is 6.13. The van der Waals surface area contributed by atoms with Gasteiger partial charge in [-0.1, -0.05) is 0 Å². The van der Waals surface area contributed by atoms with Crippen molar-refractivity contribution in [3.8, 4) is 0 Å². The standard InChI is InChI=1S/C5H11N3O3/c1-7-5(11)8-2-3(6)4(9)10/h3H,2,6H2,1H3,(H,9,10)(H2,7,8,11)/t3-/m1/s1. The number of carboxylic acid groups (broad SMARTS) is 1. The second kappa shape index (κ2) is 4.51. The lowest BCUT2D eigenvalue weighted by Crippen LogP contribution is -2.44. The quantitative estimate of drug-likeness (QED) is 0.397. The Bertz CT molecular complexity index is 159. The maximum absolute atomic E-state index is 10.5. The van der Waals surface area contributed by atoms with Gasteiger partial charge >= 0.3 is 12.0 Å². The SMILES string of the molecule is CNC(=O)NC[C@@H](N)C(=O)O. The summed E-state index contributed by atoms with van der Waals surface area (Å²) in [4.78, 5) is 20.6. The molecule has 0 aliphatic carbocycles. The molecule has 1 atom stereocenters. The van der Waals surface area contributed by atoms with Crippen molar-refractivity contribution in [2.45, 2.75) is 6.04 Å². The van der Waals surface area contributed by atoms with Crippen LogP contribution < -0.4 is 16.4 Å². The molecular weight excluding hydrogens is 150 g/mol. The van der Waals surface area contributed by atoms with E-state index in [1.54, 1.807) is 0 Å². The van der Waals surface area contributed by atoms with Gasteiger partial charge in [-0.3, -0.25) is 4.79 Å². The van der Waals surface area contributed by atoms with Crippen LogP contribution in [-0.4, -0.2) is 36.7 Å². The van der Waals surface area contributed by atoms with Crippen LogP contribution in [0.1, 0.15) is 0 Å². The third-order valence-corrected chi connectivity index (χ3v) is 1.03. The van der Waals surface area contributed by atoms with E-state index in [0.29, 0.717) is 0 Å². The fraction of sp³-hybridized carbons (Fsp3) is 0.600. The minimum atomic E-state index is -1.14. The lowest BCUT2D eigenvalue weighted by molar-refractivity contribution is -0.138. The second-order valence-corrected chi connectivity index (χ2v) is 1.90. The van der Waals surface area contributed by atoms with Crippen molar-refractivity contribution in [2.75, 3.05) is 13.6 Å². The predicted octanol–water partition coefficient (Wildman–Crippen LogP) is -1.67. The van der Waals surface area contributed by atoms with E-state index in [1.165, 1.54) is 7.05 Å². The van der Waals surface area contributed by atoms with Crippen LogP contribution in [0.25, 0.3) is 0 Å². The van der Waals surface area contributed by atoms with Crippen molar-refractivity contribution in [3.63, 3.8) is 0 Å². The van der Waals surface area contributed by atoms with Crippen molar-refractivity contribution in [2.24, 2.45) is 5.73 Å². The molecule has 64 valence electrons. The first kappa shape index (κ1) is 9.70. The van der Waals surface area contributed by atoms with Gasteiger partial charge in [0.05, 0.1) is 0 Å². The molecule has 6 nitrogen and oxygen atoms in total. The summed E-state index contributed by atoms with van der Waals surface area (Å²) in [5.41, 5.74) is 5.08. The van der Waals surface area contributed by atoms with E-state index in [2.05, 4.69) is 10.6 Å². The van der Waals surface area contributed by atoms with Crippen molar-refractivity contribution >= 4 is 12.0 Å². The van der Waals surface area contributed by atoms with Crippen molar-refractivity contribution < 1.29 is 14.7 Å². The zero-order valence-electron chi connectivity index (χ0n) is 6.13. The van der Waals surface area contributed by atoms with E-state index < -0.39 is 18.0 Å². The normalized spacial score (nSPS) is 11.8. The molecule has 0 saturated heterocycles. The molecule has 0 aliphatic rings. The Morgan fingerprint density at radius 1 is 1.64 bits per heavy atom. The molecule has 2 amide bonds. The van der Waals surface area contributed by atoms with Gasteiger partial charge in [0.15, 0.2) is 0 Å². The van der Waals surface area contributed by atoms with Gasteiger partial charge in [0.2, 0.25) is 0 Å². The summed E-state index contributed by atoms with van der Waals surface area (Å²) in [5.74, 6) is -1.14. The summed E-state index contributed by atoms with van der Waals surface area (Å²) < 4.78 is 0. The maximum Gasteiger partial charge on any atom is 0.322 e. The first-order valence-corrected chi connectivity index (χ1v) is 3.02. The van der Waals surface area contributed by atoms with Gasteiger partial charge in [0, 0.05) is 13.6 Å². The number of rotatable bonds is 3. The molecule has 0 radical (unpaired) electrons. The van der Waals surface area contributed by atoms with E-state index in [0.717, 1.165) is 0 Å². The summed E-state index contributed by atoms with van der Waals surface area (Å²) in [6.45, 7) is -0.0744. The van der Waals surface area contributed by atoms with Gasteiger partial charge in [-0.15, -0.1) is 0 Å². The number of carbonyl (C=O) groups excluding carboxylic acids is 1. The Labute approximate surface area is 63.8 Å². The fourth-order valence-corrected chi connectivity index (χ4v) is 0.378. The number of hydrogen-bond acceptors (Lipinski definition) is 3. The van der Waals surface area contributed by atoms with Crippen molar-refractivity contribution in [1.82, 2.24) is 10.6 Å². The summed E-state index contributed by atoms with van der Waals surface area (Å²) in [6, 6.07) is -1.49. The predicted molar refractivity (Wildman–Crippen MR) is 38.1 cm³/mol. The fourth-order valence-electron chi connectivity index (χ4n) is 0.378. The minimum absolute atomic E-state index is 0.0744. The Hall–Kier alpha value is -1.30. The molecule has 11 heavy (non-hydrogen) atoms. The van der Waals surface area contributed by atoms with Crippen molar-refractivity contribution in [3.05, 3.63) is 0 Å². The van der Waals surface area contributed by atoms with E-state index in [9.17, 15) is 9.59 Å². The number of nitrogens with two attached hydrogens (primary N) is 1. The molecule has 0 spiro atoms. The zero-order chi connectivity index (χ0) is 8.85. The highest BCUT2D eigenvalue weighted by atomic mass is 16.4. The van der Waals surface area contributed by atoms with E-state index in [-0.39, 0.29) is 6.54 Å². The lowest BCUT2D eigenvalue weighted by Gasteiger charge is -2.06. The largest absolute Gasteiger partial charge is 0.480 e. The second-order valence-electron chi connectivity index (χ2n) is 1.90. The van der Waals surface area contributed by atoms with Gasteiger partial charge in [-0.05, 0) is 0 Å². The molecule has 0 aromatic rings. The molecule has 0 heterocycles. The summed E-state index contributed by atoms with van der Waals surface area (Å²) >= 11 is 0. The number of carboxylic acids is 1. The minimum Gasteiger partial charge on any atom is -0.480 e. The van der Waals surface area contributed by atoms with Gasteiger partial charge in [0.25, 0.3) is 0 Å². The van der Waals surface area contributed by atoms with Crippen LogP contribution in [-0.2, 0) is 4.79 Å². The highest BCUT2D eigenvalue weighted by molar-refractivity contribution is 5.76. The molecule has 5 N–H and O–H groups in total. The van der Waals surface area contributed by atoms with Gasteiger partial charge in [0.1, 0.15) is 6.04 Å². The van der Waals surface area contributed by atoms with Crippen LogP contribution in [0.15, 0.2) is 0 Å². The molecule has 6 heteroatoms.